The molecular formula is C34H33BrN4O2. The van der Waals surface area contributed by atoms with E-state index >= 15 is 0 Å². The number of rotatable bonds is 7. The van der Waals surface area contributed by atoms with Gasteiger partial charge in [-0.1, -0.05) is 65.5 Å². The summed E-state index contributed by atoms with van der Waals surface area (Å²) >= 11 is 3.50. The van der Waals surface area contributed by atoms with Gasteiger partial charge in [-0.3, -0.25) is 4.79 Å². The third kappa shape index (κ3) is 5.77. The second kappa shape index (κ2) is 11.9. The molecule has 0 atom stereocenters. The summed E-state index contributed by atoms with van der Waals surface area (Å²) in [5.41, 5.74) is 5.87. The van der Waals surface area contributed by atoms with Crippen molar-refractivity contribution in [3.8, 4) is 11.4 Å². The average molecular weight is 610 g/mol. The van der Waals surface area contributed by atoms with Crippen LogP contribution in [0.15, 0.2) is 93.2 Å². The van der Waals surface area contributed by atoms with E-state index in [1.807, 2.05) is 48.5 Å². The van der Waals surface area contributed by atoms with E-state index < -0.39 is 0 Å². The van der Waals surface area contributed by atoms with Gasteiger partial charge in [0.2, 0.25) is 0 Å². The van der Waals surface area contributed by atoms with Crippen LogP contribution in [-0.4, -0.2) is 20.4 Å². The number of fused-ring (bicyclic) bond motifs is 1. The number of aryl methyl sites for hydroxylation is 1. The fourth-order valence-corrected chi connectivity index (χ4v) is 6.13. The molecule has 0 amide bonds. The molecule has 0 radical (unpaired) electrons. The third-order valence-corrected chi connectivity index (χ3v) is 8.42. The molecule has 2 heterocycles. The van der Waals surface area contributed by atoms with E-state index in [0.29, 0.717) is 12.0 Å². The van der Waals surface area contributed by atoms with Gasteiger partial charge in [-0.25, -0.2) is 4.98 Å². The highest BCUT2D eigenvalue weighted by molar-refractivity contribution is 9.10. The fourth-order valence-electron chi connectivity index (χ4n) is 5.77. The number of halogens is 1. The SMILES string of the molecule is Cc1cc(C=Nn2c(C3CCCCC3)nc3ccc(Br)cc3c2=O)c(C)n1-c1ccc(OCc2ccccc2)cc1. The predicted molar refractivity (Wildman–Crippen MR) is 169 cm³/mol. The molecule has 0 spiro atoms. The first-order valence-electron chi connectivity index (χ1n) is 14.2. The summed E-state index contributed by atoms with van der Waals surface area (Å²) in [6.45, 7) is 4.69. The molecule has 41 heavy (non-hydrogen) atoms. The normalized spacial score (nSPS) is 14.2. The van der Waals surface area contributed by atoms with Crippen LogP contribution in [0.4, 0.5) is 0 Å². The molecule has 208 valence electrons. The van der Waals surface area contributed by atoms with E-state index in [2.05, 4.69) is 64.7 Å². The Bertz CT molecular complexity index is 1770. The number of benzene rings is 3. The van der Waals surface area contributed by atoms with E-state index in [-0.39, 0.29) is 11.5 Å². The number of ether oxygens (including phenoxy) is 1. The van der Waals surface area contributed by atoms with E-state index in [9.17, 15) is 4.79 Å². The van der Waals surface area contributed by atoms with Crippen molar-refractivity contribution in [2.45, 2.75) is 58.5 Å². The lowest BCUT2D eigenvalue weighted by Gasteiger charge is -2.22. The highest BCUT2D eigenvalue weighted by atomic mass is 79.9. The summed E-state index contributed by atoms with van der Waals surface area (Å²) in [6, 6.07) is 26.1. The molecule has 1 aliphatic rings. The zero-order valence-electron chi connectivity index (χ0n) is 23.4. The highest BCUT2D eigenvalue weighted by Gasteiger charge is 2.22. The lowest BCUT2D eigenvalue weighted by atomic mass is 9.88. The van der Waals surface area contributed by atoms with E-state index in [1.165, 1.54) is 11.1 Å². The van der Waals surface area contributed by atoms with Gasteiger partial charge in [-0.05, 0) is 80.8 Å². The zero-order valence-corrected chi connectivity index (χ0v) is 25.0. The van der Waals surface area contributed by atoms with Gasteiger partial charge in [-0.15, -0.1) is 0 Å². The first-order chi connectivity index (χ1) is 20.0. The first-order valence-corrected chi connectivity index (χ1v) is 15.0. The summed E-state index contributed by atoms with van der Waals surface area (Å²) in [5.74, 6) is 1.82. The van der Waals surface area contributed by atoms with Crippen molar-refractivity contribution >= 4 is 33.0 Å². The van der Waals surface area contributed by atoms with Crippen molar-refractivity contribution in [2.75, 3.05) is 0 Å². The third-order valence-electron chi connectivity index (χ3n) is 7.93. The minimum Gasteiger partial charge on any atom is -0.489 e. The smallest absolute Gasteiger partial charge is 0.282 e. The monoisotopic (exact) mass is 608 g/mol. The molecule has 0 saturated heterocycles. The van der Waals surface area contributed by atoms with Crippen LogP contribution in [0.1, 0.15) is 66.4 Å². The maximum absolute atomic E-state index is 13.7. The summed E-state index contributed by atoms with van der Waals surface area (Å²) < 4.78 is 10.6. The molecular weight excluding hydrogens is 576 g/mol. The van der Waals surface area contributed by atoms with Crippen LogP contribution in [0.3, 0.4) is 0 Å². The summed E-state index contributed by atoms with van der Waals surface area (Å²) in [5, 5.41) is 5.34. The molecule has 7 heteroatoms. The van der Waals surface area contributed by atoms with Crippen molar-refractivity contribution in [3.63, 3.8) is 0 Å². The molecule has 1 aliphatic carbocycles. The molecule has 0 unspecified atom stereocenters. The minimum atomic E-state index is -0.131. The number of nitrogens with zero attached hydrogens (tertiary/aromatic N) is 4. The van der Waals surface area contributed by atoms with Gasteiger partial charge in [0.05, 0.1) is 17.1 Å². The quantitative estimate of drug-likeness (QED) is 0.175. The van der Waals surface area contributed by atoms with Gasteiger partial charge in [0.15, 0.2) is 0 Å². The van der Waals surface area contributed by atoms with Crippen LogP contribution in [0, 0.1) is 13.8 Å². The largest absolute Gasteiger partial charge is 0.489 e. The second-order valence-electron chi connectivity index (χ2n) is 10.8. The molecule has 0 N–H and O–H groups in total. The molecule has 5 aromatic rings. The topological polar surface area (TPSA) is 61.4 Å². The molecule has 6 nitrogen and oxygen atoms in total. The summed E-state index contributed by atoms with van der Waals surface area (Å²) in [4.78, 5) is 18.7. The molecule has 0 bridgehead atoms. The van der Waals surface area contributed by atoms with Gasteiger partial charge in [0.25, 0.3) is 5.56 Å². The molecule has 2 aromatic heterocycles. The average Bonchev–Trinajstić information content (AvgIpc) is 3.29. The Labute approximate surface area is 248 Å². The van der Waals surface area contributed by atoms with Crippen LogP contribution < -0.4 is 10.3 Å². The minimum absolute atomic E-state index is 0.131. The highest BCUT2D eigenvalue weighted by Crippen LogP contribution is 2.32. The Morgan fingerprint density at radius 2 is 1.73 bits per heavy atom. The van der Waals surface area contributed by atoms with Gasteiger partial charge in [-0.2, -0.15) is 9.78 Å². The Morgan fingerprint density at radius 1 is 0.976 bits per heavy atom. The van der Waals surface area contributed by atoms with Crippen molar-refractivity contribution < 1.29 is 4.74 Å². The molecule has 0 aliphatic heterocycles. The van der Waals surface area contributed by atoms with Crippen molar-refractivity contribution in [1.82, 2.24) is 14.2 Å². The molecule has 1 fully saturated rings. The fraction of sp³-hybridized carbons (Fsp3) is 0.265. The number of aromatic nitrogens is 3. The van der Waals surface area contributed by atoms with E-state index in [1.54, 1.807) is 6.21 Å². The molecule has 3 aromatic carbocycles. The maximum Gasteiger partial charge on any atom is 0.282 e. The van der Waals surface area contributed by atoms with Crippen molar-refractivity contribution in [2.24, 2.45) is 5.10 Å². The van der Waals surface area contributed by atoms with Gasteiger partial charge in [0, 0.05) is 33.0 Å². The Hall–Kier alpha value is -3.97. The standard InChI is InChI=1S/C34H33BrN4O2/c1-23-19-27(24(2)38(23)29-14-16-30(17-15-29)41-22-25-9-5-3-6-10-25)21-36-39-33(26-11-7-4-8-12-26)37-32-18-13-28(35)20-31(32)34(39)40/h3,5-6,9-10,13-21,26H,4,7-8,11-12,22H2,1-2H3. The van der Waals surface area contributed by atoms with Crippen LogP contribution in [0.5, 0.6) is 5.75 Å². The summed E-state index contributed by atoms with van der Waals surface area (Å²) in [7, 11) is 0. The van der Waals surface area contributed by atoms with Crippen molar-refractivity contribution in [1.29, 1.82) is 0 Å². The van der Waals surface area contributed by atoms with Gasteiger partial charge in [0.1, 0.15) is 18.2 Å². The Balaban J connectivity index is 1.30. The van der Waals surface area contributed by atoms with Gasteiger partial charge < -0.3 is 9.30 Å². The van der Waals surface area contributed by atoms with Crippen LogP contribution >= 0.6 is 15.9 Å². The van der Waals surface area contributed by atoms with E-state index in [4.69, 9.17) is 14.8 Å². The van der Waals surface area contributed by atoms with Crippen molar-refractivity contribution in [3.05, 3.63) is 122 Å². The maximum atomic E-state index is 13.7. The van der Waals surface area contributed by atoms with Crippen LogP contribution in [-0.2, 0) is 6.61 Å². The number of hydrogen-bond acceptors (Lipinski definition) is 4. The Morgan fingerprint density at radius 3 is 2.49 bits per heavy atom. The van der Waals surface area contributed by atoms with Crippen LogP contribution in [0.25, 0.3) is 16.6 Å². The van der Waals surface area contributed by atoms with Gasteiger partial charge >= 0.3 is 0 Å². The lowest BCUT2D eigenvalue weighted by molar-refractivity contribution is 0.306. The second-order valence-corrected chi connectivity index (χ2v) is 11.7. The zero-order chi connectivity index (χ0) is 28.3. The predicted octanol–water partition coefficient (Wildman–Crippen LogP) is 8.08. The van der Waals surface area contributed by atoms with Crippen LogP contribution in [0.2, 0.25) is 0 Å². The lowest BCUT2D eigenvalue weighted by Crippen LogP contribution is -2.25. The molecule has 1 saturated carbocycles. The summed E-state index contributed by atoms with van der Waals surface area (Å²) in [6.07, 6.45) is 7.40. The first kappa shape index (κ1) is 27.2. The Kier molecular flexibility index (Phi) is 7.88. The molecule has 6 rings (SSSR count). The van der Waals surface area contributed by atoms with E-state index in [0.717, 1.165) is 75.4 Å². The number of hydrogen-bond donors (Lipinski definition) is 0.